The molecule has 4 nitrogen and oxygen atoms in total. The Hall–Kier alpha value is -2.40. The molecule has 0 saturated heterocycles. The fourth-order valence-corrected chi connectivity index (χ4v) is 4.35. The molecule has 1 aromatic carbocycles. The maximum atomic E-state index is 13.1. The Labute approximate surface area is 157 Å². The molecule has 2 heterocycles. The lowest BCUT2D eigenvalue weighted by Crippen LogP contribution is -2.41. The van der Waals surface area contributed by atoms with Gasteiger partial charge in [-0.05, 0) is 42.3 Å². The van der Waals surface area contributed by atoms with Crippen LogP contribution in [0.15, 0.2) is 54.0 Å². The summed E-state index contributed by atoms with van der Waals surface area (Å²) in [4.78, 5) is 14.1. The summed E-state index contributed by atoms with van der Waals surface area (Å²) in [5, 5.41) is 10.0. The molecule has 5 heteroatoms. The summed E-state index contributed by atoms with van der Waals surface area (Å²) in [7, 11) is 0. The number of amides is 1. The standard InChI is InChI=1S/C21H23N3OS/c1-15-8-5-6-11-18(15)22-21(25)17-14-24(16-9-3-2-4-10-16)23-20(17)19-12-7-13-26-19/h2-4,7,9-10,12-15,18H,5-6,8,11H2,1H3,(H,22,25)/t15-,18-/m1/s1. The molecule has 1 aliphatic carbocycles. The average Bonchev–Trinajstić information content (AvgIpc) is 3.34. The first-order valence-corrected chi connectivity index (χ1v) is 10.1. The van der Waals surface area contributed by atoms with Crippen molar-refractivity contribution in [2.24, 2.45) is 5.92 Å². The topological polar surface area (TPSA) is 46.9 Å². The molecule has 2 aromatic heterocycles. The Morgan fingerprint density at radius 2 is 1.96 bits per heavy atom. The number of hydrogen-bond donors (Lipinski definition) is 1. The van der Waals surface area contributed by atoms with Crippen LogP contribution in [-0.4, -0.2) is 21.7 Å². The average molecular weight is 366 g/mol. The van der Waals surface area contributed by atoms with E-state index in [0.717, 1.165) is 22.7 Å². The summed E-state index contributed by atoms with van der Waals surface area (Å²) >= 11 is 1.61. The van der Waals surface area contributed by atoms with Gasteiger partial charge in [0.15, 0.2) is 0 Å². The molecule has 0 spiro atoms. The van der Waals surface area contributed by atoms with E-state index in [4.69, 9.17) is 5.10 Å². The van der Waals surface area contributed by atoms with Gasteiger partial charge in [-0.25, -0.2) is 4.68 Å². The number of aromatic nitrogens is 2. The number of rotatable bonds is 4. The number of nitrogens with one attached hydrogen (secondary N) is 1. The second-order valence-electron chi connectivity index (χ2n) is 6.99. The normalized spacial score (nSPS) is 20.0. The van der Waals surface area contributed by atoms with Crippen LogP contribution in [0.4, 0.5) is 0 Å². The molecule has 0 radical (unpaired) electrons. The molecule has 0 bridgehead atoms. The van der Waals surface area contributed by atoms with Crippen LogP contribution in [0.25, 0.3) is 16.3 Å². The van der Waals surface area contributed by atoms with Crippen LogP contribution < -0.4 is 5.32 Å². The van der Waals surface area contributed by atoms with E-state index in [9.17, 15) is 4.79 Å². The van der Waals surface area contributed by atoms with Gasteiger partial charge in [-0.1, -0.05) is 44.0 Å². The highest BCUT2D eigenvalue weighted by Gasteiger charge is 2.26. The summed E-state index contributed by atoms with van der Waals surface area (Å²) in [6.07, 6.45) is 6.56. The molecule has 1 amide bonds. The number of benzene rings is 1. The molecule has 1 aliphatic rings. The Kier molecular flexibility index (Phi) is 4.89. The van der Waals surface area contributed by atoms with E-state index in [0.29, 0.717) is 11.5 Å². The maximum absolute atomic E-state index is 13.1. The third kappa shape index (κ3) is 3.44. The van der Waals surface area contributed by atoms with E-state index in [-0.39, 0.29) is 11.9 Å². The molecule has 3 aromatic rings. The predicted molar refractivity (Wildman–Crippen MR) is 106 cm³/mol. The molecule has 1 saturated carbocycles. The molecule has 2 atom stereocenters. The molecule has 26 heavy (non-hydrogen) atoms. The number of para-hydroxylation sites is 1. The fourth-order valence-electron chi connectivity index (χ4n) is 3.63. The second kappa shape index (κ2) is 7.46. The Bertz CT molecular complexity index is 870. The highest BCUT2D eigenvalue weighted by atomic mass is 32.1. The van der Waals surface area contributed by atoms with Crippen molar-refractivity contribution in [2.45, 2.75) is 38.6 Å². The van der Waals surface area contributed by atoms with Gasteiger partial charge in [0, 0.05) is 12.2 Å². The van der Waals surface area contributed by atoms with Crippen LogP contribution >= 0.6 is 11.3 Å². The summed E-state index contributed by atoms with van der Waals surface area (Å²) in [5.74, 6) is 0.511. The van der Waals surface area contributed by atoms with Crippen LogP contribution in [0.1, 0.15) is 43.0 Å². The molecule has 0 aliphatic heterocycles. The van der Waals surface area contributed by atoms with E-state index in [1.807, 2.05) is 54.0 Å². The first-order valence-electron chi connectivity index (χ1n) is 9.22. The Morgan fingerprint density at radius 1 is 1.15 bits per heavy atom. The summed E-state index contributed by atoms with van der Waals surface area (Å²) in [5.41, 5.74) is 2.36. The van der Waals surface area contributed by atoms with Crippen LogP contribution in [-0.2, 0) is 0 Å². The van der Waals surface area contributed by atoms with Gasteiger partial charge in [-0.2, -0.15) is 5.10 Å². The molecule has 4 rings (SSSR count). The van der Waals surface area contributed by atoms with Crippen molar-refractivity contribution < 1.29 is 4.79 Å². The highest BCUT2D eigenvalue weighted by molar-refractivity contribution is 7.13. The lowest BCUT2D eigenvalue weighted by Gasteiger charge is -2.29. The van der Waals surface area contributed by atoms with Gasteiger partial charge in [0.05, 0.1) is 16.1 Å². The quantitative estimate of drug-likeness (QED) is 0.714. The summed E-state index contributed by atoms with van der Waals surface area (Å²) < 4.78 is 1.80. The van der Waals surface area contributed by atoms with Crippen molar-refractivity contribution in [3.63, 3.8) is 0 Å². The van der Waals surface area contributed by atoms with E-state index < -0.39 is 0 Å². The van der Waals surface area contributed by atoms with Crippen molar-refractivity contribution >= 4 is 17.2 Å². The van der Waals surface area contributed by atoms with E-state index >= 15 is 0 Å². The summed E-state index contributed by atoms with van der Waals surface area (Å²) in [6.45, 7) is 2.23. The largest absolute Gasteiger partial charge is 0.349 e. The molecule has 0 unspecified atom stereocenters. The second-order valence-corrected chi connectivity index (χ2v) is 7.94. The Balaban J connectivity index is 1.67. The van der Waals surface area contributed by atoms with Crippen LogP contribution in [0.5, 0.6) is 0 Å². The minimum atomic E-state index is -0.0191. The van der Waals surface area contributed by atoms with Crippen LogP contribution in [0.2, 0.25) is 0 Å². The zero-order valence-electron chi connectivity index (χ0n) is 14.9. The SMILES string of the molecule is C[C@@H]1CCCC[C@H]1NC(=O)c1cn(-c2ccccc2)nc1-c1cccs1. The van der Waals surface area contributed by atoms with E-state index in [1.165, 1.54) is 19.3 Å². The number of thiophene rings is 1. The third-order valence-corrected chi connectivity index (χ3v) is 6.04. The molecule has 134 valence electrons. The first-order chi connectivity index (χ1) is 12.7. The van der Waals surface area contributed by atoms with Gasteiger partial charge in [-0.15, -0.1) is 11.3 Å². The molecular weight excluding hydrogens is 342 g/mol. The van der Waals surface area contributed by atoms with E-state index in [2.05, 4.69) is 12.2 Å². The predicted octanol–water partition coefficient (Wildman–Crippen LogP) is 4.91. The number of carbonyl (C=O) groups excluding carboxylic acids is 1. The van der Waals surface area contributed by atoms with Crippen molar-refractivity contribution in [1.82, 2.24) is 15.1 Å². The van der Waals surface area contributed by atoms with Crippen molar-refractivity contribution in [3.05, 3.63) is 59.6 Å². The number of carbonyl (C=O) groups is 1. The minimum Gasteiger partial charge on any atom is -0.349 e. The summed E-state index contributed by atoms with van der Waals surface area (Å²) in [6, 6.07) is 14.2. The zero-order valence-corrected chi connectivity index (χ0v) is 15.7. The fraction of sp³-hybridized carbons (Fsp3) is 0.333. The van der Waals surface area contributed by atoms with Gasteiger partial charge in [0.25, 0.3) is 5.91 Å². The monoisotopic (exact) mass is 365 g/mol. The van der Waals surface area contributed by atoms with Crippen molar-refractivity contribution in [1.29, 1.82) is 0 Å². The zero-order chi connectivity index (χ0) is 17.9. The molecule has 1 fully saturated rings. The Morgan fingerprint density at radius 3 is 2.69 bits per heavy atom. The van der Waals surface area contributed by atoms with Gasteiger partial charge < -0.3 is 5.32 Å². The van der Waals surface area contributed by atoms with Crippen molar-refractivity contribution in [2.75, 3.05) is 0 Å². The lowest BCUT2D eigenvalue weighted by molar-refractivity contribution is 0.0911. The maximum Gasteiger partial charge on any atom is 0.255 e. The molecular formula is C21H23N3OS. The smallest absolute Gasteiger partial charge is 0.255 e. The van der Waals surface area contributed by atoms with Crippen molar-refractivity contribution in [3.8, 4) is 16.3 Å². The molecule has 1 N–H and O–H groups in total. The minimum absolute atomic E-state index is 0.0191. The van der Waals surface area contributed by atoms with Gasteiger partial charge in [-0.3, -0.25) is 4.79 Å². The number of nitrogens with zero attached hydrogens (tertiary/aromatic N) is 2. The van der Waals surface area contributed by atoms with E-state index in [1.54, 1.807) is 16.0 Å². The first kappa shape index (κ1) is 17.0. The number of hydrogen-bond acceptors (Lipinski definition) is 3. The van der Waals surface area contributed by atoms with Gasteiger partial charge in [0.1, 0.15) is 5.69 Å². The van der Waals surface area contributed by atoms with Crippen LogP contribution in [0.3, 0.4) is 0 Å². The lowest BCUT2D eigenvalue weighted by atomic mass is 9.86. The van der Waals surface area contributed by atoms with Crippen LogP contribution in [0, 0.1) is 5.92 Å². The highest BCUT2D eigenvalue weighted by Crippen LogP contribution is 2.29. The van der Waals surface area contributed by atoms with Gasteiger partial charge in [0.2, 0.25) is 0 Å². The van der Waals surface area contributed by atoms with Gasteiger partial charge >= 0.3 is 0 Å². The third-order valence-electron chi connectivity index (χ3n) is 5.16.